The van der Waals surface area contributed by atoms with Crippen LogP contribution in [0.4, 0.5) is 5.95 Å². The van der Waals surface area contributed by atoms with Crippen LogP contribution in [0.25, 0.3) is 0 Å². The zero-order chi connectivity index (χ0) is 16.2. The van der Waals surface area contributed by atoms with Crippen molar-refractivity contribution in [1.29, 1.82) is 0 Å². The molecule has 1 aromatic heterocycles. The maximum atomic E-state index is 5.94. The van der Waals surface area contributed by atoms with Crippen molar-refractivity contribution in [3.63, 3.8) is 0 Å². The van der Waals surface area contributed by atoms with Gasteiger partial charge in [-0.3, -0.25) is 4.57 Å². The lowest BCUT2D eigenvalue weighted by atomic mass is 10.1. The Kier molecular flexibility index (Phi) is 5.92. The van der Waals surface area contributed by atoms with Crippen molar-refractivity contribution in [3.8, 4) is 0 Å². The van der Waals surface area contributed by atoms with Gasteiger partial charge in [-0.15, -0.1) is 16.8 Å². The van der Waals surface area contributed by atoms with E-state index in [4.69, 9.17) is 4.74 Å². The largest absolute Gasteiger partial charge is 0.370 e. The Morgan fingerprint density at radius 1 is 1.45 bits per heavy atom. The maximum Gasteiger partial charge on any atom is 0.227 e. The van der Waals surface area contributed by atoms with Crippen LogP contribution in [-0.2, 0) is 11.3 Å². The predicted octanol–water partition coefficient (Wildman–Crippen LogP) is 3.28. The fourth-order valence-electron chi connectivity index (χ4n) is 2.64. The summed E-state index contributed by atoms with van der Waals surface area (Å²) in [6.07, 6.45) is 7.47. The molecule has 0 N–H and O–H groups in total. The van der Waals surface area contributed by atoms with E-state index in [-0.39, 0.29) is 10.9 Å². The molecular formula is C16H28N4OS. The summed E-state index contributed by atoms with van der Waals surface area (Å²) in [5.41, 5.74) is 0. The molecule has 124 valence electrons. The molecule has 0 amide bonds. The molecule has 1 aromatic rings. The highest BCUT2D eigenvalue weighted by atomic mass is 32.2. The van der Waals surface area contributed by atoms with Gasteiger partial charge in [-0.2, -0.15) is 11.8 Å². The van der Waals surface area contributed by atoms with Crippen LogP contribution < -0.4 is 4.90 Å². The number of hydrogen-bond donors (Lipinski definition) is 0. The van der Waals surface area contributed by atoms with Gasteiger partial charge in [0.05, 0.1) is 0 Å². The highest BCUT2D eigenvalue weighted by Crippen LogP contribution is 2.32. The fourth-order valence-corrected chi connectivity index (χ4v) is 2.90. The van der Waals surface area contributed by atoms with Gasteiger partial charge >= 0.3 is 0 Å². The minimum Gasteiger partial charge on any atom is -0.370 e. The molecule has 0 spiro atoms. The van der Waals surface area contributed by atoms with Crippen molar-refractivity contribution in [3.05, 3.63) is 18.5 Å². The molecule has 5 nitrogen and oxygen atoms in total. The molecule has 1 saturated heterocycles. The van der Waals surface area contributed by atoms with Crippen molar-refractivity contribution in [2.45, 2.75) is 50.5 Å². The summed E-state index contributed by atoms with van der Waals surface area (Å²) in [6.45, 7) is 10.8. The zero-order valence-electron chi connectivity index (χ0n) is 14.2. The van der Waals surface area contributed by atoms with Gasteiger partial charge in [0, 0.05) is 31.5 Å². The average Bonchev–Trinajstić information content (AvgIpc) is 2.91. The summed E-state index contributed by atoms with van der Waals surface area (Å²) >= 11 is 1.86. The number of ether oxygens (including phenoxy) is 1. The zero-order valence-corrected chi connectivity index (χ0v) is 15.0. The Morgan fingerprint density at radius 2 is 2.23 bits per heavy atom. The number of rotatable bonds is 7. The van der Waals surface area contributed by atoms with E-state index in [1.807, 2.05) is 24.9 Å². The minimum atomic E-state index is 0.0739. The molecular weight excluding hydrogens is 296 g/mol. The van der Waals surface area contributed by atoms with Crippen LogP contribution in [0, 0.1) is 0 Å². The molecule has 1 aliphatic heterocycles. The molecule has 1 unspecified atom stereocenters. The van der Waals surface area contributed by atoms with Crippen LogP contribution in [0.15, 0.2) is 12.7 Å². The molecule has 1 atom stereocenters. The quantitative estimate of drug-likeness (QED) is 0.720. The third-order valence-corrected chi connectivity index (χ3v) is 5.30. The van der Waals surface area contributed by atoms with Crippen LogP contribution in [0.3, 0.4) is 0 Å². The van der Waals surface area contributed by atoms with Crippen molar-refractivity contribution < 1.29 is 4.74 Å². The maximum absolute atomic E-state index is 5.94. The Hall–Kier alpha value is -1.01. The van der Waals surface area contributed by atoms with Gasteiger partial charge in [0.15, 0.2) is 5.82 Å². The predicted molar refractivity (Wildman–Crippen MR) is 93.6 cm³/mol. The van der Waals surface area contributed by atoms with Crippen LogP contribution in [-0.4, -0.2) is 46.0 Å². The van der Waals surface area contributed by atoms with E-state index in [0.29, 0.717) is 0 Å². The summed E-state index contributed by atoms with van der Waals surface area (Å²) in [5.74, 6) is 1.86. The number of aromatic nitrogens is 3. The molecule has 2 heterocycles. The molecule has 2 rings (SSSR count). The lowest BCUT2D eigenvalue weighted by Crippen LogP contribution is -2.29. The molecule has 0 aromatic carbocycles. The van der Waals surface area contributed by atoms with Crippen molar-refractivity contribution in [2.75, 3.05) is 31.4 Å². The third kappa shape index (κ3) is 4.04. The van der Waals surface area contributed by atoms with Crippen molar-refractivity contribution in [2.24, 2.45) is 0 Å². The Bertz CT molecular complexity index is 494. The van der Waals surface area contributed by atoms with Gasteiger partial charge in [-0.1, -0.05) is 6.08 Å². The second-order valence-corrected chi connectivity index (χ2v) is 7.95. The number of anilines is 1. The summed E-state index contributed by atoms with van der Waals surface area (Å²) in [5, 5.41) is 8.89. The number of likely N-dealkylation sites (N-methyl/N-ethyl adjacent to an activating group) is 1. The second kappa shape index (κ2) is 7.51. The Labute approximate surface area is 138 Å². The van der Waals surface area contributed by atoms with Crippen LogP contribution >= 0.6 is 11.8 Å². The fraction of sp³-hybridized carbons (Fsp3) is 0.750. The van der Waals surface area contributed by atoms with Gasteiger partial charge in [0.25, 0.3) is 0 Å². The van der Waals surface area contributed by atoms with Crippen molar-refractivity contribution in [1.82, 2.24) is 14.8 Å². The van der Waals surface area contributed by atoms with Gasteiger partial charge in [-0.25, -0.2) is 0 Å². The highest BCUT2D eigenvalue weighted by Gasteiger charge is 2.28. The van der Waals surface area contributed by atoms with E-state index in [9.17, 15) is 0 Å². The van der Waals surface area contributed by atoms with Crippen LogP contribution in [0.1, 0.15) is 45.0 Å². The van der Waals surface area contributed by atoms with Gasteiger partial charge in [0.1, 0.15) is 6.10 Å². The van der Waals surface area contributed by atoms with E-state index < -0.39 is 0 Å². The average molecular weight is 324 g/mol. The smallest absolute Gasteiger partial charge is 0.227 e. The highest BCUT2D eigenvalue weighted by molar-refractivity contribution is 7.99. The molecule has 0 radical (unpaired) electrons. The lowest BCUT2D eigenvalue weighted by Gasteiger charge is -2.29. The summed E-state index contributed by atoms with van der Waals surface area (Å²) in [6, 6.07) is 0. The first-order chi connectivity index (χ1) is 10.5. The van der Waals surface area contributed by atoms with Gasteiger partial charge < -0.3 is 9.64 Å². The first-order valence-electron chi connectivity index (χ1n) is 7.90. The van der Waals surface area contributed by atoms with E-state index in [1.54, 1.807) is 0 Å². The number of hydrogen-bond acceptors (Lipinski definition) is 5. The number of thioether (sulfide) groups is 1. The van der Waals surface area contributed by atoms with E-state index in [1.165, 1.54) is 6.42 Å². The minimum absolute atomic E-state index is 0.0739. The molecule has 6 heteroatoms. The van der Waals surface area contributed by atoms with Crippen molar-refractivity contribution >= 4 is 17.7 Å². The third-order valence-electron chi connectivity index (χ3n) is 4.06. The first-order valence-corrected chi connectivity index (χ1v) is 9.13. The normalized spacial score (nSPS) is 19.2. The molecule has 1 aliphatic rings. The van der Waals surface area contributed by atoms with Crippen LogP contribution in [0.5, 0.6) is 0 Å². The standard InChI is InChI=1S/C16H28N4OS/c1-6-10-19(4)15-18-17-14(13-9-7-8-11-21-13)20(15)12-16(2,3)22-5/h6,13H,1,7-12H2,2-5H3. The van der Waals surface area contributed by atoms with Crippen LogP contribution in [0.2, 0.25) is 0 Å². The summed E-state index contributed by atoms with van der Waals surface area (Å²) in [7, 11) is 2.03. The van der Waals surface area contributed by atoms with Gasteiger partial charge in [0.2, 0.25) is 5.95 Å². The summed E-state index contributed by atoms with van der Waals surface area (Å²) < 4.78 is 8.29. The molecule has 22 heavy (non-hydrogen) atoms. The SMILES string of the molecule is C=CCN(C)c1nnc(C2CCCCO2)n1CC(C)(C)SC. The first kappa shape index (κ1) is 17.3. The topological polar surface area (TPSA) is 43.2 Å². The van der Waals surface area contributed by atoms with Gasteiger partial charge in [-0.05, 0) is 39.4 Å². The second-order valence-electron chi connectivity index (χ2n) is 6.43. The molecule has 0 bridgehead atoms. The summed E-state index contributed by atoms with van der Waals surface area (Å²) in [4.78, 5) is 2.09. The van der Waals surface area contributed by atoms with E-state index >= 15 is 0 Å². The lowest BCUT2D eigenvalue weighted by molar-refractivity contribution is 0.00700. The van der Waals surface area contributed by atoms with E-state index in [2.05, 4.69) is 46.3 Å². The molecule has 0 saturated carbocycles. The molecule has 1 fully saturated rings. The Balaban J connectivity index is 2.33. The molecule has 0 aliphatic carbocycles. The number of nitrogens with zero attached hydrogens (tertiary/aromatic N) is 4. The monoisotopic (exact) mass is 324 g/mol. The Morgan fingerprint density at radius 3 is 2.82 bits per heavy atom. The van der Waals surface area contributed by atoms with E-state index in [0.717, 1.165) is 44.3 Å².